The molecule has 0 radical (unpaired) electrons. The number of hydrogen-bond donors (Lipinski definition) is 1. The van der Waals surface area contributed by atoms with Crippen LogP contribution in [0.3, 0.4) is 0 Å². The van der Waals surface area contributed by atoms with Crippen molar-refractivity contribution in [1.82, 2.24) is 5.43 Å². The lowest BCUT2D eigenvalue weighted by atomic mass is 10.2. The molecule has 3 aromatic rings. The summed E-state index contributed by atoms with van der Waals surface area (Å²) in [4.78, 5) is 24.2. The number of methoxy groups -OCH3 is 1. The summed E-state index contributed by atoms with van der Waals surface area (Å²) in [5.74, 6) is -0.656. The maximum absolute atomic E-state index is 13.2. The standard InChI is InChI=1S/C22H17FN2O4/c1-28-19-10-8-16(9-11-19)21(26)25-24-14-15-4-2-7-20(12-15)29-22(27)17-5-3-6-18(23)13-17/h2-14H,1H3,(H,25,26)/b24-14-. The first-order valence-electron chi connectivity index (χ1n) is 8.60. The molecule has 0 unspecified atom stereocenters. The summed E-state index contributed by atoms with van der Waals surface area (Å²) in [6, 6.07) is 18.4. The van der Waals surface area contributed by atoms with Gasteiger partial charge in [0.15, 0.2) is 0 Å². The number of halogens is 1. The maximum atomic E-state index is 13.2. The molecule has 0 bridgehead atoms. The van der Waals surface area contributed by atoms with Crippen LogP contribution in [0.15, 0.2) is 77.9 Å². The molecule has 0 heterocycles. The fraction of sp³-hybridized carbons (Fsp3) is 0.0455. The minimum absolute atomic E-state index is 0.107. The molecule has 6 nitrogen and oxygen atoms in total. The van der Waals surface area contributed by atoms with Gasteiger partial charge in [0.2, 0.25) is 0 Å². The lowest BCUT2D eigenvalue weighted by molar-refractivity contribution is 0.0734. The summed E-state index contributed by atoms with van der Waals surface area (Å²) in [6.07, 6.45) is 1.42. The number of carbonyl (C=O) groups excluding carboxylic acids is 2. The molecule has 1 N–H and O–H groups in total. The Hall–Kier alpha value is -4.00. The van der Waals surface area contributed by atoms with Gasteiger partial charge in [-0.05, 0) is 60.2 Å². The van der Waals surface area contributed by atoms with Crippen molar-refractivity contribution in [2.75, 3.05) is 7.11 Å². The van der Waals surface area contributed by atoms with Crippen LogP contribution in [0.25, 0.3) is 0 Å². The Kier molecular flexibility index (Phi) is 6.32. The van der Waals surface area contributed by atoms with Gasteiger partial charge in [0.1, 0.15) is 17.3 Å². The van der Waals surface area contributed by atoms with E-state index in [4.69, 9.17) is 9.47 Å². The minimum Gasteiger partial charge on any atom is -0.497 e. The van der Waals surface area contributed by atoms with Gasteiger partial charge in [0, 0.05) is 5.56 Å². The predicted molar refractivity (Wildman–Crippen MR) is 106 cm³/mol. The van der Waals surface area contributed by atoms with Crippen LogP contribution in [0.2, 0.25) is 0 Å². The first kappa shape index (κ1) is 19.8. The fourth-order valence-electron chi connectivity index (χ4n) is 2.41. The Morgan fingerprint density at radius 3 is 2.41 bits per heavy atom. The Morgan fingerprint density at radius 2 is 1.69 bits per heavy atom. The van der Waals surface area contributed by atoms with Gasteiger partial charge in [-0.15, -0.1) is 0 Å². The molecule has 0 aliphatic carbocycles. The number of amides is 1. The third-order valence-corrected chi connectivity index (χ3v) is 3.86. The number of esters is 1. The number of carbonyl (C=O) groups is 2. The van der Waals surface area contributed by atoms with Crippen molar-refractivity contribution in [2.45, 2.75) is 0 Å². The first-order chi connectivity index (χ1) is 14.0. The van der Waals surface area contributed by atoms with E-state index in [0.717, 1.165) is 6.07 Å². The molecule has 7 heteroatoms. The molecule has 0 fully saturated rings. The molecule has 0 atom stereocenters. The van der Waals surface area contributed by atoms with E-state index in [9.17, 15) is 14.0 Å². The highest BCUT2D eigenvalue weighted by atomic mass is 19.1. The number of rotatable bonds is 6. The molecule has 1 amide bonds. The first-order valence-corrected chi connectivity index (χ1v) is 8.60. The second kappa shape index (κ2) is 9.27. The molecule has 0 saturated carbocycles. The smallest absolute Gasteiger partial charge is 0.343 e. The van der Waals surface area contributed by atoms with E-state index in [1.165, 1.54) is 24.4 Å². The molecule has 0 aromatic heterocycles. The normalized spacial score (nSPS) is 10.6. The Bertz CT molecular complexity index is 1050. The summed E-state index contributed by atoms with van der Waals surface area (Å²) >= 11 is 0. The van der Waals surface area contributed by atoms with E-state index in [0.29, 0.717) is 16.9 Å². The van der Waals surface area contributed by atoms with E-state index in [1.807, 2.05) is 0 Å². The van der Waals surface area contributed by atoms with Crippen LogP contribution in [-0.4, -0.2) is 25.2 Å². The zero-order valence-electron chi connectivity index (χ0n) is 15.5. The van der Waals surface area contributed by atoms with Crippen LogP contribution in [0.4, 0.5) is 4.39 Å². The zero-order valence-corrected chi connectivity index (χ0v) is 15.5. The topological polar surface area (TPSA) is 77.0 Å². The summed E-state index contributed by atoms with van der Waals surface area (Å²) in [5, 5.41) is 3.90. The highest BCUT2D eigenvalue weighted by Gasteiger charge is 2.09. The summed E-state index contributed by atoms with van der Waals surface area (Å²) < 4.78 is 23.5. The van der Waals surface area contributed by atoms with Gasteiger partial charge in [0.25, 0.3) is 5.91 Å². The van der Waals surface area contributed by atoms with E-state index in [-0.39, 0.29) is 17.2 Å². The predicted octanol–water partition coefficient (Wildman–Crippen LogP) is 3.82. The van der Waals surface area contributed by atoms with Gasteiger partial charge in [-0.25, -0.2) is 14.6 Å². The molecular weight excluding hydrogens is 375 g/mol. The van der Waals surface area contributed by atoms with Gasteiger partial charge in [0.05, 0.1) is 18.9 Å². The Balaban J connectivity index is 1.61. The second-order valence-corrected chi connectivity index (χ2v) is 5.90. The molecule has 0 aliphatic rings. The lowest BCUT2D eigenvalue weighted by Gasteiger charge is -2.05. The van der Waals surface area contributed by atoms with E-state index in [2.05, 4.69) is 10.5 Å². The van der Waals surface area contributed by atoms with Crippen molar-refractivity contribution in [3.05, 3.63) is 95.3 Å². The Labute approximate surface area is 166 Å². The van der Waals surface area contributed by atoms with E-state index < -0.39 is 11.8 Å². The van der Waals surface area contributed by atoms with E-state index in [1.54, 1.807) is 55.6 Å². The quantitative estimate of drug-likeness (QED) is 0.299. The van der Waals surface area contributed by atoms with Crippen LogP contribution in [0, 0.1) is 5.82 Å². The average molecular weight is 392 g/mol. The fourth-order valence-corrected chi connectivity index (χ4v) is 2.41. The van der Waals surface area contributed by atoms with Crippen molar-refractivity contribution in [2.24, 2.45) is 5.10 Å². The maximum Gasteiger partial charge on any atom is 0.343 e. The van der Waals surface area contributed by atoms with Gasteiger partial charge in [-0.1, -0.05) is 18.2 Å². The molecule has 3 aromatic carbocycles. The number of hydrogen-bond acceptors (Lipinski definition) is 5. The third kappa shape index (κ3) is 5.49. The van der Waals surface area contributed by atoms with Crippen molar-refractivity contribution >= 4 is 18.1 Å². The minimum atomic E-state index is -0.675. The van der Waals surface area contributed by atoms with E-state index >= 15 is 0 Å². The molecule has 3 rings (SSSR count). The van der Waals surface area contributed by atoms with Crippen LogP contribution < -0.4 is 14.9 Å². The van der Waals surface area contributed by atoms with Crippen LogP contribution in [-0.2, 0) is 0 Å². The SMILES string of the molecule is COc1ccc(C(=O)N/N=C\c2cccc(OC(=O)c3cccc(F)c3)c2)cc1. The largest absolute Gasteiger partial charge is 0.497 e. The summed E-state index contributed by atoms with van der Waals surface area (Å²) in [7, 11) is 1.54. The zero-order chi connectivity index (χ0) is 20.6. The number of nitrogens with one attached hydrogen (secondary N) is 1. The molecule has 0 saturated heterocycles. The second-order valence-electron chi connectivity index (χ2n) is 5.90. The van der Waals surface area contributed by atoms with Crippen LogP contribution in [0.5, 0.6) is 11.5 Å². The number of benzene rings is 3. The summed E-state index contributed by atoms with van der Waals surface area (Å²) in [5.41, 5.74) is 3.56. The van der Waals surface area contributed by atoms with Crippen LogP contribution >= 0.6 is 0 Å². The molecule has 0 spiro atoms. The number of ether oxygens (including phenoxy) is 2. The molecule has 29 heavy (non-hydrogen) atoms. The van der Waals surface area contributed by atoms with Gasteiger partial charge in [-0.2, -0.15) is 5.10 Å². The van der Waals surface area contributed by atoms with Gasteiger partial charge in [-0.3, -0.25) is 4.79 Å². The average Bonchev–Trinajstić information content (AvgIpc) is 2.74. The third-order valence-electron chi connectivity index (χ3n) is 3.86. The molecule has 0 aliphatic heterocycles. The van der Waals surface area contributed by atoms with Crippen molar-refractivity contribution in [3.63, 3.8) is 0 Å². The number of nitrogens with zero attached hydrogens (tertiary/aromatic N) is 1. The summed E-state index contributed by atoms with van der Waals surface area (Å²) in [6.45, 7) is 0. The monoisotopic (exact) mass is 392 g/mol. The molecular formula is C22H17FN2O4. The Morgan fingerprint density at radius 1 is 0.931 bits per heavy atom. The highest BCUT2D eigenvalue weighted by molar-refractivity contribution is 5.95. The lowest BCUT2D eigenvalue weighted by Crippen LogP contribution is -2.17. The number of hydrazone groups is 1. The van der Waals surface area contributed by atoms with Crippen molar-refractivity contribution in [1.29, 1.82) is 0 Å². The van der Waals surface area contributed by atoms with Crippen molar-refractivity contribution in [3.8, 4) is 11.5 Å². The van der Waals surface area contributed by atoms with Crippen molar-refractivity contribution < 1.29 is 23.5 Å². The highest BCUT2D eigenvalue weighted by Crippen LogP contribution is 2.15. The van der Waals surface area contributed by atoms with Gasteiger partial charge >= 0.3 is 5.97 Å². The van der Waals surface area contributed by atoms with Crippen LogP contribution in [0.1, 0.15) is 26.3 Å². The molecule has 146 valence electrons. The van der Waals surface area contributed by atoms with Gasteiger partial charge < -0.3 is 9.47 Å².